The molecular formula is C12H14N2O2. The quantitative estimate of drug-likeness (QED) is 0.821. The van der Waals surface area contributed by atoms with E-state index in [1.54, 1.807) is 0 Å². The predicted molar refractivity (Wildman–Crippen MR) is 61.7 cm³/mol. The second-order valence-electron chi connectivity index (χ2n) is 3.85. The lowest BCUT2D eigenvalue weighted by molar-refractivity contribution is -0.118. The fourth-order valence-corrected chi connectivity index (χ4v) is 1.97. The van der Waals surface area contributed by atoms with E-state index in [-0.39, 0.29) is 6.42 Å². The Hall–Kier alpha value is -1.81. The van der Waals surface area contributed by atoms with Gasteiger partial charge in [-0.2, -0.15) is 0 Å². The summed E-state index contributed by atoms with van der Waals surface area (Å²) in [5, 5.41) is 0.953. The molecule has 0 saturated heterocycles. The number of furan rings is 1. The molecule has 0 saturated carbocycles. The van der Waals surface area contributed by atoms with Crippen molar-refractivity contribution < 1.29 is 9.21 Å². The third-order valence-electron chi connectivity index (χ3n) is 2.61. The van der Waals surface area contributed by atoms with E-state index in [2.05, 4.69) is 0 Å². The van der Waals surface area contributed by atoms with Crippen LogP contribution in [0.5, 0.6) is 0 Å². The maximum Gasteiger partial charge on any atom is 0.219 e. The lowest BCUT2D eigenvalue weighted by Gasteiger charge is -2.08. The zero-order chi connectivity index (χ0) is 11.7. The molecule has 1 heterocycles. The van der Waals surface area contributed by atoms with Crippen molar-refractivity contribution in [3.05, 3.63) is 35.6 Å². The zero-order valence-corrected chi connectivity index (χ0v) is 9.07. The Morgan fingerprint density at radius 2 is 2.12 bits per heavy atom. The largest absolute Gasteiger partial charge is 0.461 e. The summed E-state index contributed by atoms with van der Waals surface area (Å²) in [6.07, 6.45) is 0.129. The summed E-state index contributed by atoms with van der Waals surface area (Å²) in [5.41, 5.74) is 12.7. The molecule has 0 radical (unpaired) electrons. The van der Waals surface area contributed by atoms with Gasteiger partial charge in [0.1, 0.15) is 11.3 Å². The molecule has 0 spiro atoms. The van der Waals surface area contributed by atoms with E-state index >= 15 is 0 Å². The van der Waals surface area contributed by atoms with E-state index in [4.69, 9.17) is 15.9 Å². The SMILES string of the molecule is Cc1oc2ccccc2c1[C@@H](N)CC(N)=O. The fraction of sp³-hybridized carbons (Fsp3) is 0.250. The molecule has 0 aliphatic carbocycles. The molecule has 0 aliphatic heterocycles. The second-order valence-corrected chi connectivity index (χ2v) is 3.85. The Balaban J connectivity index is 2.50. The Labute approximate surface area is 93.2 Å². The predicted octanol–water partition coefficient (Wildman–Crippen LogP) is 1.62. The van der Waals surface area contributed by atoms with Gasteiger partial charge in [0, 0.05) is 23.4 Å². The van der Waals surface area contributed by atoms with Crippen LogP contribution in [-0.4, -0.2) is 5.91 Å². The normalized spacial score (nSPS) is 12.9. The number of hydrogen-bond acceptors (Lipinski definition) is 3. The van der Waals surface area contributed by atoms with Crippen molar-refractivity contribution in [3.63, 3.8) is 0 Å². The minimum Gasteiger partial charge on any atom is -0.461 e. The average Bonchev–Trinajstić information content (AvgIpc) is 2.52. The maximum absolute atomic E-state index is 10.9. The summed E-state index contributed by atoms with van der Waals surface area (Å²) in [4.78, 5) is 10.9. The van der Waals surface area contributed by atoms with E-state index in [9.17, 15) is 4.79 Å². The Morgan fingerprint density at radius 1 is 1.44 bits per heavy atom. The first-order valence-electron chi connectivity index (χ1n) is 5.11. The van der Waals surface area contributed by atoms with Crippen LogP contribution in [0, 0.1) is 6.92 Å². The van der Waals surface area contributed by atoms with Gasteiger partial charge in [0.2, 0.25) is 5.91 Å². The van der Waals surface area contributed by atoms with Gasteiger partial charge in [-0.15, -0.1) is 0 Å². The molecular weight excluding hydrogens is 204 g/mol. The molecule has 0 bridgehead atoms. The zero-order valence-electron chi connectivity index (χ0n) is 9.07. The molecule has 0 unspecified atom stereocenters. The van der Waals surface area contributed by atoms with Gasteiger partial charge in [-0.05, 0) is 13.0 Å². The number of rotatable bonds is 3. The number of para-hydroxylation sites is 1. The third kappa shape index (κ3) is 1.79. The van der Waals surface area contributed by atoms with Gasteiger partial charge >= 0.3 is 0 Å². The average molecular weight is 218 g/mol. The van der Waals surface area contributed by atoms with Gasteiger partial charge in [0.15, 0.2) is 0 Å². The second kappa shape index (κ2) is 3.98. The van der Waals surface area contributed by atoms with Crippen molar-refractivity contribution in [3.8, 4) is 0 Å². The first-order chi connectivity index (χ1) is 7.59. The monoisotopic (exact) mass is 218 g/mol. The molecule has 0 aliphatic rings. The number of aryl methyl sites for hydroxylation is 1. The van der Waals surface area contributed by atoms with Gasteiger partial charge < -0.3 is 15.9 Å². The first kappa shape index (κ1) is 10.7. The highest BCUT2D eigenvalue weighted by atomic mass is 16.3. The van der Waals surface area contributed by atoms with Crippen LogP contribution >= 0.6 is 0 Å². The lowest BCUT2D eigenvalue weighted by Crippen LogP contribution is -2.20. The highest BCUT2D eigenvalue weighted by molar-refractivity contribution is 5.84. The van der Waals surface area contributed by atoms with E-state index < -0.39 is 11.9 Å². The molecule has 84 valence electrons. The van der Waals surface area contributed by atoms with Crippen LogP contribution in [0.4, 0.5) is 0 Å². The van der Waals surface area contributed by atoms with Crippen molar-refractivity contribution in [2.24, 2.45) is 11.5 Å². The summed E-state index contributed by atoms with van der Waals surface area (Å²) >= 11 is 0. The van der Waals surface area contributed by atoms with E-state index in [1.807, 2.05) is 31.2 Å². The van der Waals surface area contributed by atoms with Crippen LogP contribution < -0.4 is 11.5 Å². The molecule has 16 heavy (non-hydrogen) atoms. The highest BCUT2D eigenvalue weighted by Crippen LogP contribution is 2.30. The minimum atomic E-state index is -0.405. The van der Waals surface area contributed by atoms with Crippen LogP contribution in [0.15, 0.2) is 28.7 Å². The van der Waals surface area contributed by atoms with Gasteiger partial charge in [0.05, 0.1) is 0 Å². The van der Waals surface area contributed by atoms with Gasteiger partial charge in [-0.3, -0.25) is 4.79 Å². The van der Waals surface area contributed by atoms with Crippen LogP contribution in [0.25, 0.3) is 11.0 Å². The lowest BCUT2D eigenvalue weighted by atomic mass is 10.0. The number of carbonyl (C=O) groups is 1. The molecule has 1 atom stereocenters. The molecule has 4 N–H and O–H groups in total. The number of benzene rings is 1. The summed E-state index contributed by atoms with van der Waals surface area (Å²) < 4.78 is 5.57. The fourth-order valence-electron chi connectivity index (χ4n) is 1.97. The van der Waals surface area contributed by atoms with Gasteiger partial charge in [0.25, 0.3) is 0 Å². The number of primary amides is 1. The van der Waals surface area contributed by atoms with E-state index in [1.165, 1.54) is 0 Å². The minimum absolute atomic E-state index is 0.129. The van der Waals surface area contributed by atoms with Crippen molar-refractivity contribution >= 4 is 16.9 Å². The molecule has 1 amide bonds. The van der Waals surface area contributed by atoms with Crippen LogP contribution in [0.2, 0.25) is 0 Å². The molecule has 2 rings (SSSR count). The van der Waals surface area contributed by atoms with Crippen molar-refractivity contribution in [2.75, 3.05) is 0 Å². The summed E-state index contributed by atoms with van der Waals surface area (Å²) in [6.45, 7) is 1.84. The van der Waals surface area contributed by atoms with Crippen LogP contribution in [0.3, 0.4) is 0 Å². The van der Waals surface area contributed by atoms with Crippen LogP contribution in [-0.2, 0) is 4.79 Å². The summed E-state index contributed by atoms with van der Waals surface area (Å²) in [6, 6.07) is 7.22. The summed E-state index contributed by atoms with van der Waals surface area (Å²) in [5.74, 6) is 0.340. The highest BCUT2D eigenvalue weighted by Gasteiger charge is 2.18. The molecule has 4 nitrogen and oxygen atoms in total. The Bertz CT molecular complexity index is 531. The van der Waals surface area contributed by atoms with E-state index in [0.717, 1.165) is 22.3 Å². The first-order valence-corrected chi connectivity index (χ1v) is 5.11. The molecule has 2 aromatic rings. The number of fused-ring (bicyclic) bond motifs is 1. The number of carbonyl (C=O) groups excluding carboxylic acids is 1. The summed E-state index contributed by atoms with van der Waals surface area (Å²) in [7, 11) is 0. The molecule has 1 aromatic heterocycles. The Morgan fingerprint density at radius 3 is 2.81 bits per heavy atom. The topological polar surface area (TPSA) is 82.2 Å². The molecule has 0 fully saturated rings. The van der Waals surface area contributed by atoms with Gasteiger partial charge in [-0.1, -0.05) is 18.2 Å². The van der Waals surface area contributed by atoms with Crippen molar-refractivity contribution in [1.82, 2.24) is 0 Å². The van der Waals surface area contributed by atoms with E-state index in [0.29, 0.717) is 0 Å². The third-order valence-corrected chi connectivity index (χ3v) is 2.61. The van der Waals surface area contributed by atoms with Crippen molar-refractivity contribution in [2.45, 2.75) is 19.4 Å². The number of nitrogens with two attached hydrogens (primary N) is 2. The van der Waals surface area contributed by atoms with Gasteiger partial charge in [-0.25, -0.2) is 0 Å². The maximum atomic E-state index is 10.9. The standard InChI is InChI=1S/C12H14N2O2/c1-7-12(9(13)6-11(14)15)8-4-2-3-5-10(8)16-7/h2-5,9H,6,13H2,1H3,(H2,14,15)/t9-/m0/s1. The molecule has 4 heteroatoms. The smallest absolute Gasteiger partial charge is 0.219 e. The molecule has 1 aromatic carbocycles. The van der Waals surface area contributed by atoms with Crippen molar-refractivity contribution in [1.29, 1.82) is 0 Å². The Kier molecular flexibility index (Phi) is 2.66. The number of hydrogen-bond donors (Lipinski definition) is 2. The van der Waals surface area contributed by atoms with Crippen LogP contribution in [0.1, 0.15) is 23.8 Å². The number of amides is 1.